The molecule has 0 saturated carbocycles. The van der Waals surface area contributed by atoms with E-state index < -0.39 is 12.1 Å². The molecule has 3 rings (SSSR count). The van der Waals surface area contributed by atoms with Crippen molar-refractivity contribution >= 4 is 17.7 Å². The molecule has 0 N–H and O–H groups in total. The molecule has 134 valence electrons. The Bertz CT molecular complexity index is 810. The molecule has 0 radical (unpaired) electrons. The van der Waals surface area contributed by atoms with Crippen molar-refractivity contribution < 1.29 is 19.1 Å². The maximum atomic E-state index is 12.7. The number of nitrogens with zero attached hydrogens (tertiary/aromatic N) is 1. The highest BCUT2D eigenvalue weighted by atomic mass is 16.5. The topological polar surface area (TPSA) is 63.7 Å². The first-order valence-electron chi connectivity index (χ1n) is 8.76. The first-order chi connectivity index (χ1) is 12.6. The number of esters is 1. The van der Waals surface area contributed by atoms with E-state index >= 15 is 0 Å². The molecular formula is C21H21NO4. The van der Waals surface area contributed by atoms with Gasteiger partial charge in [0.25, 0.3) is 5.91 Å². The third-order valence-electron chi connectivity index (χ3n) is 4.48. The summed E-state index contributed by atoms with van der Waals surface area (Å²) < 4.78 is 5.35. The van der Waals surface area contributed by atoms with E-state index in [2.05, 4.69) is 0 Å². The molecule has 1 amide bonds. The summed E-state index contributed by atoms with van der Waals surface area (Å²) in [6.07, 6.45) is 1.07. The molecule has 1 atom stereocenters. The van der Waals surface area contributed by atoms with Gasteiger partial charge in [-0.2, -0.15) is 0 Å². The molecule has 1 heterocycles. The third kappa shape index (κ3) is 3.82. The van der Waals surface area contributed by atoms with Crippen LogP contribution < -0.4 is 0 Å². The summed E-state index contributed by atoms with van der Waals surface area (Å²) in [5, 5.41) is 0. The van der Waals surface area contributed by atoms with Crippen LogP contribution in [0.5, 0.6) is 0 Å². The molecule has 1 aliphatic heterocycles. The Labute approximate surface area is 152 Å². The molecule has 5 heteroatoms. The summed E-state index contributed by atoms with van der Waals surface area (Å²) in [4.78, 5) is 39.3. The Morgan fingerprint density at radius 1 is 0.885 bits per heavy atom. The van der Waals surface area contributed by atoms with Crippen molar-refractivity contribution in [3.8, 4) is 0 Å². The number of ketones is 1. The summed E-state index contributed by atoms with van der Waals surface area (Å²) in [5.41, 5.74) is 0.931. The van der Waals surface area contributed by atoms with E-state index in [0.717, 1.165) is 12.8 Å². The summed E-state index contributed by atoms with van der Waals surface area (Å²) in [5.74, 6) is -1.11. The zero-order valence-corrected chi connectivity index (χ0v) is 14.7. The fraction of sp³-hybridized carbons (Fsp3) is 0.286. The second kappa shape index (κ2) is 7.95. The summed E-state index contributed by atoms with van der Waals surface area (Å²) in [7, 11) is 0. The molecule has 26 heavy (non-hydrogen) atoms. The lowest BCUT2D eigenvalue weighted by Crippen LogP contribution is -2.38. The number of carbonyl (C=O) groups excluding carboxylic acids is 3. The van der Waals surface area contributed by atoms with Crippen LogP contribution >= 0.6 is 0 Å². The molecule has 0 bridgehead atoms. The van der Waals surface area contributed by atoms with Crippen LogP contribution in [0.3, 0.4) is 0 Å². The SMILES string of the molecule is CC(OC(=O)c1ccccc1C(=O)c1ccccc1)C(=O)N1CCCC1. The summed E-state index contributed by atoms with van der Waals surface area (Å²) >= 11 is 0. The van der Waals surface area contributed by atoms with Crippen LogP contribution in [0.1, 0.15) is 46.0 Å². The maximum Gasteiger partial charge on any atom is 0.339 e. The minimum atomic E-state index is -0.875. The van der Waals surface area contributed by atoms with Gasteiger partial charge in [-0.25, -0.2) is 4.79 Å². The Hall–Kier alpha value is -2.95. The van der Waals surface area contributed by atoms with Crippen LogP contribution in [0.4, 0.5) is 0 Å². The molecule has 1 aliphatic rings. The smallest absolute Gasteiger partial charge is 0.339 e. The van der Waals surface area contributed by atoms with Gasteiger partial charge in [0.1, 0.15) is 0 Å². The Kier molecular flexibility index (Phi) is 5.46. The highest BCUT2D eigenvalue weighted by molar-refractivity contribution is 6.14. The molecule has 1 unspecified atom stereocenters. The van der Waals surface area contributed by atoms with Gasteiger partial charge in [0, 0.05) is 24.2 Å². The Morgan fingerprint density at radius 2 is 1.46 bits per heavy atom. The van der Waals surface area contributed by atoms with Gasteiger partial charge in [-0.1, -0.05) is 48.5 Å². The Balaban J connectivity index is 1.77. The van der Waals surface area contributed by atoms with Crippen molar-refractivity contribution in [2.24, 2.45) is 0 Å². The van der Waals surface area contributed by atoms with E-state index in [-0.39, 0.29) is 22.8 Å². The molecule has 2 aromatic carbocycles. The van der Waals surface area contributed by atoms with E-state index in [0.29, 0.717) is 18.7 Å². The summed E-state index contributed by atoms with van der Waals surface area (Å²) in [6.45, 7) is 2.97. The zero-order chi connectivity index (χ0) is 18.5. The van der Waals surface area contributed by atoms with Crippen molar-refractivity contribution in [3.63, 3.8) is 0 Å². The van der Waals surface area contributed by atoms with E-state index in [9.17, 15) is 14.4 Å². The monoisotopic (exact) mass is 351 g/mol. The number of carbonyl (C=O) groups is 3. The molecule has 5 nitrogen and oxygen atoms in total. The zero-order valence-electron chi connectivity index (χ0n) is 14.7. The fourth-order valence-corrected chi connectivity index (χ4v) is 3.07. The molecule has 0 spiro atoms. The first-order valence-corrected chi connectivity index (χ1v) is 8.76. The van der Waals surface area contributed by atoms with Crippen molar-refractivity contribution in [1.82, 2.24) is 4.90 Å². The number of likely N-dealkylation sites (tertiary alicyclic amines) is 1. The van der Waals surface area contributed by atoms with Crippen LogP contribution in [0, 0.1) is 0 Å². The van der Waals surface area contributed by atoms with Crippen LogP contribution in [0.2, 0.25) is 0 Å². The molecule has 1 fully saturated rings. The Morgan fingerprint density at radius 3 is 2.12 bits per heavy atom. The number of ether oxygens (including phenoxy) is 1. The number of hydrogen-bond donors (Lipinski definition) is 0. The lowest BCUT2D eigenvalue weighted by molar-refractivity contribution is -0.138. The lowest BCUT2D eigenvalue weighted by Gasteiger charge is -2.20. The maximum absolute atomic E-state index is 12.7. The average molecular weight is 351 g/mol. The third-order valence-corrected chi connectivity index (χ3v) is 4.48. The van der Waals surface area contributed by atoms with Gasteiger partial charge >= 0.3 is 5.97 Å². The quantitative estimate of drug-likeness (QED) is 0.613. The van der Waals surface area contributed by atoms with Crippen molar-refractivity contribution in [3.05, 3.63) is 71.3 Å². The number of rotatable bonds is 5. The van der Waals surface area contributed by atoms with Crippen molar-refractivity contribution in [1.29, 1.82) is 0 Å². The van der Waals surface area contributed by atoms with Gasteiger partial charge in [-0.15, -0.1) is 0 Å². The van der Waals surface area contributed by atoms with Crippen LogP contribution in [-0.2, 0) is 9.53 Å². The second-order valence-corrected chi connectivity index (χ2v) is 6.32. The van der Waals surface area contributed by atoms with E-state index in [1.807, 2.05) is 6.07 Å². The largest absolute Gasteiger partial charge is 0.449 e. The average Bonchev–Trinajstić information content (AvgIpc) is 3.22. The number of benzene rings is 2. The van der Waals surface area contributed by atoms with Crippen LogP contribution in [0.25, 0.3) is 0 Å². The fourth-order valence-electron chi connectivity index (χ4n) is 3.07. The van der Waals surface area contributed by atoms with Gasteiger partial charge < -0.3 is 9.64 Å². The highest BCUT2D eigenvalue weighted by Gasteiger charge is 2.27. The molecule has 1 saturated heterocycles. The van der Waals surface area contributed by atoms with Gasteiger partial charge in [0.2, 0.25) is 0 Å². The number of hydrogen-bond acceptors (Lipinski definition) is 4. The first kappa shape index (κ1) is 17.9. The minimum absolute atomic E-state index is 0.169. The van der Waals surface area contributed by atoms with Gasteiger partial charge in [0.05, 0.1) is 5.56 Å². The van der Waals surface area contributed by atoms with Gasteiger partial charge in [0.15, 0.2) is 11.9 Å². The lowest BCUT2D eigenvalue weighted by atomic mass is 9.98. The predicted octanol–water partition coefficient (Wildman–Crippen LogP) is 3.09. The normalized spacial score (nSPS) is 14.7. The molecule has 2 aromatic rings. The highest BCUT2D eigenvalue weighted by Crippen LogP contribution is 2.17. The van der Waals surface area contributed by atoms with E-state index in [1.165, 1.54) is 0 Å². The second-order valence-electron chi connectivity index (χ2n) is 6.32. The number of amides is 1. The van der Waals surface area contributed by atoms with Crippen molar-refractivity contribution in [2.75, 3.05) is 13.1 Å². The predicted molar refractivity (Wildman–Crippen MR) is 97.0 cm³/mol. The minimum Gasteiger partial charge on any atom is -0.449 e. The van der Waals surface area contributed by atoms with Crippen LogP contribution in [0.15, 0.2) is 54.6 Å². The molecule has 0 aliphatic carbocycles. The molecular weight excluding hydrogens is 330 g/mol. The molecule has 0 aromatic heterocycles. The van der Waals surface area contributed by atoms with Gasteiger partial charge in [-0.05, 0) is 25.8 Å². The van der Waals surface area contributed by atoms with Gasteiger partial charge in [-0.3, -0.25) is 9.59 Å². The van der Waals surface area contributed by atoms with E-state index in [1.54, 1.807) is 60.4 Å². The standard InChI is InChI=1S/C21H21NO4/c1-15(20(24)22-13-7-8-14-22)26-21(25)18-12-6-5-11-17(18)19(23)16-9-3-2-4-10-16/h2-6,9-12,15H,7-8,13-14H2,1H3. The van der Waals surface area contributed by atoms with E-state index in [4.69, 9.17) is 4.74 Å². The van der Waals surface area contributed by atoms with Crippen LogP contribution in [-0.4, -0.2) is 41.8 Å². The summed E-state index contributed by atoms with van der Waals surface area (Å²) in [6, 6.07) is 15.3. The van der Waals surface area contributed by atoms with Crippen molar-refractivity contribution in [2.45, 2.75) is 25.9 Å².